The lowest BCUT2D eigenvalue weighted by molar-refractivity contribution is 0.0726. The molecule has 4 aromatic carbocycles. The summed E-state index contributed by atoms with van der Waals surface area (Å²) in [4.78, 5) is 25.4. The minimum absolute atomic E-state index is 0.312. The van der Waals surface area contributed by atoms with Crippen molar-refractivity contribution in [3.8, 4) is 17.2 Å². The molecule has 36 heavy (non-hydrogen) atoms. The molecule has 0 aliphatic heterocycles. The lowest BCUT2D eigenvalue weighted by atomic mass is 10.0. The largest absolute Gasteiger partial charge is 0.497 e. The van der Waals surface area contributed by atoms with Crippen molar-refractivity contribution in [1.29, 1.82) is 0 Å². The predicted octanol–water partition coefficient (Wildman–Crippen LogP) is 5.83. The Morgan fingerprint density at radius 2 is 1.75 bits per heavy atom. The maximum absolute atomic E-state index is 12.7. The molecule has 0 fully saturated rings. The van der Waals surface area contributed by atoms with Crippen LogP contribution < -0.4 is 19.6 Å². The number of ether oxygens (including phenoxy) is 3. The number of hydrogen-bond donors (Lipinski definition) is 1. The summed E-state index contributed by atoms with van der Waals surface area (Å²) in [5.41, 5.74) is 4.17. The van der Waals surface area contributed by atoms with Gasteiger partial charge in [0.1, 0.15) is 5.75 Å². The molecule has 0 heterocycles. The molecule has 1 N–H and O–H groups in total. The Bertz CT molecular complexity index is 1430. The van der Waals surface area contributed by atoms with Crippen molar-refractivity contribution in [3.05, 3.63) is 99.1 Å². The monoisotopic (exact) mass is 594 g/mol. The quantitative estimate of drug-likeness (QED) is 0.0912. The van der Waals surface area contributed by atoms with E-state index in [2.05, 4.69) is 33.1 Å². The first-order valence-electron chi connectivity index (χ1n) is 11.1. The number of methoxy groups -OCH3 is 1. The number of fused-ring (bicyclic) bond motifs is 1. The average molecular weight is 594 g/mol. The van der Waals surface area contributed by atoms with Crippen molar-refractivity contribution >= 4 is 51.5 Å². The van der Waals surface area contributed by atoms with E-state index in [0.717, 1.165) is 10.8 Å². The van der Waals surface area contributed by atoms with E-state index in [0.29, 0.717) is 44.1 Å². The maximum Gasteiger partial charge on any atom is 0.343 e. The fourth-order valence-electron chi connectivity index (χ4n) is 3.55. The van der Waals surface area contributed by atoms with Gasteiger partial charge in [0.25, 0.3) is 5.91 Å². The number of hydrogen-bond acceptors (Lipinski definition) is 6. The van der Waals surface area contributed by atoms with Crippen molar-refractivity contribution < 1.29 is 23.8 Å². The molecule has 1 amide bonds. The van der Waals surface area contributed by atoms with Gasteiger partial charge in [0.2, 0.25) is 0 Å². The van der Waals surface area contributed by atoms with Crippen LogP contribution in [0, 0.1) is 3.57 Å². The summed E-state index contributed by atoms with van der Waals surface area (Å²) in [6, 6.07) is 23.4. The normalized spacial score (nSPS) is 10.9. The third kappa shape index (κ3) is 5.83. The maximum atomic E-state index is 12.7. The molecule has 4 aromatic rings. The highest BCUT2D eigenvalue weighted by Crippen LogP contribution is 2.34. The van der Waals surface area contributed by atoms with Gasteiger partial charge in [0.15, 0.2) is 11.5 Å². The van der Waals surface area contributed by atoms with Gasteiger partial charge in [-0.1, -0.05) is 36.4 Å². The zero-order valence-electron chi connectivity index (χ0n) is 19.7. The minimum Gasteiger partial charge on any atom is -0.497 e. The van der Waals surface area contributed by atoms with Crippen molar-refractivity contribution in [2.24, 2.45) is 5.10 Å². The molecule has 7 nitrogen and oxygen atoms in total. The second-order valence-electron chi connectivity index (χ2n) is 7.61. The number of hydrazone groups is 1. The van der Waals surface area contributed by atoms with E-state index in [1.54, 1.807) is 49.6 Å². The van der Waals surface area contributed by atoms with Gasteiger partial charge in [0.05, 0.1) is 29.1 Å². The van der Waals surface area contributed by atoms with E-state index >= 15 is 0 Å². The van der Waals surface area contributed by atoms with Gasteiger partial charge in [-0.15, -0.1) is 0 Å². The molecule has 0 atom stereocenters. The van der Waals surface area contributed by atoms with Crippen molar-refractivity contribution in [2.75, 3.05) is 13.7 Å². The van der Waals surface area contributed by atoms with Gasteiger partial charge < -0.3 is 14.2 Å². The summed E-state index contributed by atoms with van der Waals surface area (Å²) in [7, 11) is 1.56. The fraction of sp³-hybridized carbons (Fsp3) is 0.107. The van der Waals surface area contributed by atoms with Crippen LogP contribution in [0.2, 0.25) is 0 Å². The first-order chi connectivity index (χ1) is 17.5. The summed E-state index contributed by atoms with van der Waals surface area (Å²) < 4.78 is 17.2. The lowest BCUT2D eigenvalue weighted by Crippen LogP contribution is -2.18. The van der Waals surface area contributed by atoms with Crippen LogP contribution in [0.5, 0.6) is 17.2 Å². The molecule has 4 rings (SSSR count). The van der Waals surface area contributed by atoms with Gasteiger partial charge >= 0.3 is 5.97 Å². The van der Waals surface area contributed by atoms with E-state index in [1.807, 2.05) is 43.3 Å². The van der Waals surface area contributed by atoms with Crippen molar-refractivity contribution in [3.63, 3.8) is 0 Å². The number of benzene rings is 4. The van der Waals surface area contributed by atoms with Crippen LogP contribution in [0.1, 0.15) is 33.2 Å². The molecule has 0 radical (unpaired) electrons. The van der Waals surface area contributed by atoms with Gasteiger partial charge in [0, 0.05) is 5.56 Å². The smallest absolute Gasteiger partial charge is 0.343 e. The number of halogens is 1. The Kier molecular flexibility index (Phi) is 8.17. The molecular weight excluding hydrogens is 571 g/mol. The summed E-state index contributed by atoms with van der Waals surface area (Å²) in [6.45, 7) is 2.22. The highest BCUT2D eigenvalue weighted by Gasteiger charge is 2.17. The molecule has 0 aliphatic carbocycles. The third-order valence-corrected chi connectivity index (χ3v) is 6.07. The second kappa shape index (κ2) is 11.7. The molecule has 8 heteroatoms. The summed E-state index contributed by atoms with van der Waals surface area (Å²) in [5.74, 6) is 0.531. The van der Waals surface area contributed by atoms with Crippen LogP contribution >= 0.6 is 22.6 Å². The second-order valence-corrected chi connectivity index (χ2v) is 8.77. The molecule has 0 unspecified atom stereocenters. The van der Waals surface area contributed by atoms with Crippen LogP contribution in [-0.4, -0.2) is 31.8 Å². The molecule has 0 spiro atoms. The average Bonchev–Trinajstić information content (AvgIpc) is 2.90. The van der Waals surface area contributed by atoms with Gasteiger partial charge in [-0.3, -0.25) is 4.79 Å². The van der Waals surface area contributed by atoms with E-state index < -0.39 is 5.97 Å². The molecular formula is C28H23IN2O5. The Morgan fingerprint density at radius 3 is 2.50 bits per heavy atom. The number of nitrogens with zero attached hydrogens (tertiary/aromatic N) is 1. The van der Waals surface area contributed by atoms with Gasteiger partial charge in [-0.25, -0.2) is 10.2 Å². The highest BCUT2D eigenvalue weighted by atomic mass is 127. The fourth-order valence-corrected chi connectivity index (χ4v) is 4.29. The summed E-state index contributed by atoms with van der Waals surface area (Å²) in [5, 5.41) is 5.95. The molecule has 0 aliphatic rings. The van der Waals surface area contributed by atoms with Crippen molar-refractivity contribution in [2.45, 2.75) is 6.92 Å². The topological polar surface area (TPSA) is 86.2 Å². The highest BCUT2D eigenvalue weighted by molar-refractivity contribution is 14.1. The van der Waals surface area contributed by atoms with Crippen LogP contribution in [0.3, 0.4) is 0 Å². The van der Waals surface area contributed by atoms with Crippen LogP contribution in [0.25, 0.3) is 10.8 Å². The Hall–Kier alpha value is -3.92. The Morgan fingerprint density at radius 1 is 1.00 bits per heavy atom. The van der Waals surface area contributed by atoms with E-state index in [9.17, 15) is 9.59 Å². The van der Waals surface area contributed by atoms with Gasteiger partial charge in [-0.2, -0.15) is 5.10 Å². The Labute approximate surface area is 222 Å². The first-order valence-corrected chi connectivity index (χ1v) is 12.2. The van der Waals surface area contributed by atoms with E-state index in [-0.39, 0.29) is 5.91 Å². The van der Waals surface area contributed by atoms with E-state index in [4.69, 9.17) is 14.2 Å². The van der Waals surface area contributed by atoms with Crippen LogP contribution in [0.4, 0.5) is 0 Å². The molecule has 0 saturated carbocycles. The number of rotatable bonds is 8. The zero-order valence-corrected chi connectivity index (χ0v) is 21.8. The standard InChI is InChI=1S/C28H23IN2O5/c1-3-35-25-16-18(15-24(29)26(25)36-28(33)20-11-13-21(34-2)14-12-20)17-30-31-27(32)23-10-6-8-19-7-4-5-9-22(19)23/h4-17H,3H2,1-2H3,(H,31,32)/b30-17-. The zero-order chi connectivity index (χ0) is 25.5. The third-order valence-electron chi connectivity index (χ3n) is 5.27. The predicted molar refractivity (Wildman–Crippen MR) is 147 cm³/mol. The number of amides is 1. The van der Waals surface area contributed by atoms with Crippen LogP contribution in [0.15, 0.2) is 84.0 Å². The van der Waals surface area contributed by atoms with Gasteiger partial charge in [-0.05, 0) is 88.3 Å². The Balaban J connectivity index is 1.51. The lowest BCUT2D eigenvalue weighted by Gasteiger charge is -2.13. The molecule has 0 bridgehead atoms. The van der Waals surface area contributed by atoms with Crippen molar-refractivity contribution in [1.82, 2.24) is 5.43 Å². The minimum atomic E-state index is -0.514. The number of esters is 1. The first kappa shape index (κ1) is 25.2. The molecule has 0 aromatic heterocycles. The SMILES string of the molecule is CCOc1cc(/C=N\NC(=O)c2cccc3ccccc23)cc(I)c1OC(=O)c1ccc(OC)cc1. The van der Waals surface area contributed by atoms with Crippen LogP contribution in [-0.2, 0) is 0 Å². The summed E-state index contributed by atoms with van der Waals surface area (Å²) >= 11 is 2.07. The summed E-state index contributed by atoms with van der Waals surface area (Å²) in [6.07, 6.45) is 1.52. The number of nitrogens with one attached hydrogen (secondary N) is 1. The molecule has 182 valence electrons. The molecule has 0 saturated heterocycles. The van der Waals surface area contributed by atoms with E-state index in [1.165, 1.54) is 6.21 Å². The number of carbonyl (C=O) groups excluding carboxylic acids is 2. The number of carbonyl (C=O) groups is 2.